The molecule has 1 unspecified atom stereocenters. The molecule has 1 atom stereocenters. The highest BCUT2D eigenvalue weighted by Gasteiger charge is 2.28. The van der Waals surface area contributed by atoms with Crippen LogP contribution in [0.25, 0.3) is 0 Å². The van der Waals surface area contributed by atoms with Crippen molar-refractivity contribution in [1.82, 2.24) is 4.90 Å². The zero-order valence-corrected chi connectivity index (χ0v) is 19.3. The molecule has 8 heteroatoms. The van der Waals surface area contributed by atoms with Crippen molar-refractivity contribution in [1.29, 1.82) is 0 Å². The molecule has 0 fully saturated rings. The van der Waals surface area contributed by atoms with Gasteiger partial charge < -0.3 is 24.6 Å². The van der Waals surface area contributed by atoms with Gasteiger partial charge in [-0.15, -0.1) is 0 Å². The zero-order valence-electron chi connectivity index (χ0n) is 18.6. The van der Waals surface area contributed by atoms with E-state index >= 15 is 0 Å². The molecule has 0 spiro atoms. The summed E-state index contributed by atoms with van der Waals surface area (Å²) in [6, 6.07) is 10.8. The molecule has 0 saturated carbocycles. The molecule has 1 aliphatic heterocycles. The Morgan fingerprint density at radius 3 is 2.31 bits per heavy atom. The number of aliphatic carboxylic acids is 2. The predicted octanol–water partition coefficient (Wildman–Crippen LogP) is 4.00. The molecule has 1 heterocycles. The third kappa shape index (κ3) is 6.48. The second-order valence-corrected chi connectivity index (χ2v) is 7.86. The molecule has 0 amide bonds. The summed E-state index contributed by atoms with van der Waals surface area (Å²) in [5.74, 6) is -0.918. The Hall–Kier alpha value is -3.03. The molecule has 2 aromatic rings. The minimum Gasteiger partial charge on any atom is -0.493 e. The minimum atomic E-state index is -1.26. The largest absolute Gasteiger partial charge is 0.493 e. The highest BCUT2D eigenvalue weighted by molar-refractivity contribution is 6.33. The van der Waals surface area contributed by atoms with Gasteiger partial charge in [-0.3, -0.25) is 0 Å². The third-order valence-corrected chi connectivity index (χ3v) is 5.57. The number of aryl methyl sites for hydroxylation is 1. The average Bonchev–Trinajstić information content (AvgIpc) is 2.91. The Morgan fingerprint density at radius 2 is 1.78 bits per heavy atom. The van der Waals surface area contributed by atoms with Crippen LogP contribution >= 0.6 is 11.6 Å². The minimum absolute atomic E-state index is 0.268. The van der Waals surface area contributed by atoms with Crippen molar-refractivity contribution in [2.45, 2.75) is 19.3 Å². The topological polar surface area (TPSA) is 96.3 Å². The molecule has 1 aliphatic rings. The highest BCUT2D eigenvalue weighted by Crippen LogP contribution is 2.44. The van der Waals surface area contributed by atoms with Crippen LogP contribution in [0.3, 0.4) is 0 Å². The van der Waals surface area contributed by atoms with E-state index in [1.807, 2.05) is 0 Å². The molecule has 0 bridgehead atoms. The number of carboxylic acids is 2. The van der Waals surface area contributed by atoms with E-state index in [0.29, 0.717) is 28.7 Å². The Labute approximate surface area is 192 Å². The van der Waals surface area contributed by atoms with Gasteiger partial charge in [0.15, 0.2) is 11.5 Å². The number of rotatable bonds is 5. The molecular formula is C24H28ClNO6. The monoisotopic (exact) mass is 461 g/mol. The van der Waals surface area contributed by atoms with Crippen LogP contribution < -0.4 is 9.47 Å². The van der Waals surface area contributed by atoms with Gasteiger partial charge in [-0.25, -0.2) is 9.59 Å². The number of carbonyl (C=O) groups is 2. The van der Waals surface area contributed by atoms with E-state index in [9.17, 15) is 9.59 Å². The van der Waals surface area contributed by atoms with Gasteiger partial charge in [0.2, 0.25) is 0 Å². The molecule has 7 nitrogen and oxygen atoms in total. The molecule has 2 N–H and O–H groups in total. The molecule has 0 aliphatic carbocycles. The number of ether oxygens (including phenoxy) is 2. The molecule has 2 aromatic carbocycles. The maximum atomic E-state index is 9.55. The van der Waals surface area contributed by atoms with Crippen LogP contribution in [0.5, 0.6) is 11.5 Å². The van der Waals surface area contributed by atoms with Crippen molar-refractivity contribution in [3.05, 3.63) is 69.8 Å². The van der Waals surface area contributed by atoms with Gasteiger partial charge in [0.25, 0.3) is 0 Å². The Morgan fingerprint density at radius 1 is 1.12 bits per heavy atom. The number of carboxylic acid groups (broad SMARTS) is 2. The first-order valence-corrected chi connectivity index (χ1v) is 10.4. The normalized spacial score (nSPS) is 15.8. The fourth-order valence-electron chi connectivity index (χ4n) is 3.69. The van der Waals surface area contributed by atoms with Crippen LogP contribution in [0.4, 0.5) is 0 Å². The van der Waals surface area contributed by atoms with Crippen molar-refractivity contribution < 1.29 is 29.3 Å². The van der Waals surface area contributed by atoms with Gasteiger partial charge in [-0.2, -0.15) is 0 Å². The van der Waals surface area contributed by atoms with Crippen molar-refractivity contribution in [2.24, 2.45) is 0 Å². The second-order valence-electron chi connectivity index (χ2n) is 7.48. The van der Waals surface area contributed by atoms with E-state index in [2.05, 4.69) is 49.2 Å². The Balaban J connectivity index is 0.000000390. The van der Waals surface area contributed by atoms with Crippen molar-refractivity contribution in [3.8, 4) is 11.5 Å². The fraction of sp³-hybridized carbons (Fsp3) is 0.333. The van der Waals surface area contributed by atoms with E-state index < -0.39 is 11.9 Å². The summed E-state index contributed by atoms with van der Waals surface area (Å²) >= 11 is 6.69. The van der Waals surface area contributed by atoms with Crippen LogP contribution in [-0.4, -0.2) is 61.4 Å². The molecule has 32 heavy (non-hydrogen) atoms. The van der Waals surface area contributed by atoms with Crippen LogP contribution in [0.1, 0.15) is 28.2 Å². The summed E-state index contributed by atoms with van der Waals surface area (Å²) in [4.78, 5) is 21.5. The van der Waals surface area contributed by atoms with Gasteiger partial charge >= 0.3 is 11.9 Å². The molecule has 0 radical (unpaired) electrons. The van der Waals surface area contributed by atoms with Crippen LogP contribution in [0.2, 0.25) is 5.02 Å². The smallest absolute Gasteiger partial charge is 0.328 e. The maximum absolute atomic E-state index is 9.55. The average molecular weight is 462 g/mol. The first-order valence-electron chi connectivity index (χ1n) is 10.00. The van der Waals surface area contributed by atoms with Crippen LogP contribution in [0.15, 0.2) is 42.5 Å². The summed E-state index contributed by atoms with van der Waals surface area (Å²) in [5.41, 5.74) is 5.00. The van der Waals surface area contributed by atoms with E-state index in [1.54, 1.807) is 14.2 Å². The van der Waals surface area contributed by atoms with Crippen molar-refractivity contribution >= 4 is 23.5 Å². The van der Waals surface area contributed by atoms with E-state index in [4.69, 9.17) is 31.3 Å². The number of benzene rings is 2. The van der Waals surface area contributed by atoms with E-state index in [-0.39, 0.29) is 5.92 Å². The number of methoxy groups -OCH3 is 2. The summed E-state index contributed by atoms with van der Waals surface area (Å²) in [6.07, 6.45) is 2.03. The third-order valence-electron chi connectivity index (χ3n) is 5.17. The molecule has 3 rings (SSSR count). The Kier molecular flexibility index (Phi) is 9.11. The van der Waals surface area contributed by atoms with E-state index in [0.717, 1.165) is 19.5 Å². The van der Waals surface area contributed by atoms with Gasteiger partial charge in [-0.05, 0) is 43.1 Å². The lowest BCUT2D eigenvalue weighted by atomic mass is 9.87. The summed E-state index contributed by atoms with van der Waals surface area (Å²) < 4.78 is 11.0. The van der Waals surface area contributed by atoms with Crippen LogP contribution in [0, 0.1) is 6.92 Å². The number of nitrogens with zero attached hydrogens (tertiary/aromatic N) is 1. The number of halogens is 1. The van der Waals surface area contributed by atoms with Gasteiger partial charge in [0, 0.05) is 31.2 Å². The standard InChI is InChI=1S/C20H24ClNO2.C4H4O4/c1-13-6-5-7-14(10-13)17-12-22(2)9-8-15-16(17)11-18(23-3)20(24-4)19(15)21;5-3(6)1-2-4(7)8/h5-7,10-11,17H,8-9,12H2,1-4H3;1-2H,(H,5,6)(H,7,8)/b;2-1+. The molecule has 172 valence electrons. The maximum Gasteiger partial charge on any atom is 0.328 e. The van der Waals surface area contributed by atoms with Crippen molar-refractivity contribution in [2.75, 3.05) is 34.4 Å². The lowest BCUT2D eigenvalue weighted by Crippen LogP contribution is -2.24. The highest BCUT2D eigenvalue weighted by atomic mass is 35.5. The summed E-state index contributed by atoms with van der Waals surface area (Å²) in [7, 11) is 5.46. The lowest BCUT2D eigenvalue weighted by Gasteiger charge is -2.24. The van der Waals surface area contributed by atoms with Gasteiger partial charge in [-0.1, -0.05) is 41.4 Å². The number of hydrogen-bond donors (Lipinski definition) is 2. The first-order chi connectivity index (χ1) is 15.2. The number of likely N-dealkylation sites (N-methyl/N-ethyl adjacent to an activating group) is 1. The number of fused-ring (bicyclic) bond motifs is 1. The lowest BCUT2D eigenvalue weighted by molar-refractivity contribution is -0.134. The van der Waals surface area contributed by atoms with Gasteiger partial charge in [0.05, 0.1) is 19.2 Å². The Bertz CT molecular complexity index is 988. The predicted molar refractivity (Wildman–Crippen MR) is 123 cm³/mol. The molecule has 0 aromatic heterocycles. The fourth-order valence-corrected chi connectivity index (χ4v) is 4.06. The van der Waals surface area contributed by atoms with E-state index in [1.165, 1.54) is 22.3 Å². The van der Waals surface area contributed by atoms with Crippen molar-refractivity contribution in [3.63, 3.8) is 0 Å². The van der Waals surface area contributed by atoms with Crippen LogP contribution in [-0.2, 0) is 16.0 Å². The molecular weight excluding hydrogens is 434 g/mol. The molecule has 0 saturated heterocycles. The second kappa shape index (κ2) is 11.5. The summed E-state index contributed by atoms with van der Waals surface area (Å²) in [5, 5.41) is 16.3. The first kappa shape index (κ1) is 25.2. The SMILES string of the molecule is COc1cc2c(c(Cl)c1OC)CCN(C)CC2c1cccc(C)c1.O=C(O)/C=C/C(=O)O. The summed E-state index contributed by atoms with van der Waals surface area (Å²) in [6.45, 7) is 4.07. The quantitative estimate of drug-likeness (QED) is 0.649. The number of hydrogen-bond acceptors (Lipinski definition) is 5. The zero-order chi connectivity index (χ0) is 23.8. The van der Waals surface area contributed by atoms with Gasteiger partial charge in [0.1, 0.15) is 0 Å².